The van der Waals surface area contributed by atoms with Gasteiger partial charge in [-0.1, -0.05) is 17.7 Å². The SMILES string of the molecule is O=C(/C=C\c1cccs1)N1CCN(c2ccc(Cl)cc2)CC1. The van der Waals surface area contributed by atoms with Gasteiger partial charge in [0.25, 0.3) is 0 Å². The molecule has 0 unspecified atom stereocenters. The van der Waals surface area contributed by atoms with E-state index in [4.69, 9.17) is 11.6 Å². The zero-order valence-electron chi connectivity index (χ0n) is 12.1. The van der Waals surface area contributed by atoms with Crippen molar-refractivity contribution in [2.24, 2.45) is 0 Å². The molecule has 1 fully saturated rings. The van der Waals surface area contributed by atoms with Crippen molar-refractivity contribution in [3.05, 3.63) is 57.8 Å². The average molecular weight is 333 g/mol. The van der Waals surface area contributed by atoms with Crippen LogP contribution < -0.4 is 4.90 Å². The van der Waals surface area contributed by atoms with Crippen molar-refractivity contribution in [2.45, 2.75) is 0 Å². The molecule has 0 N–H and O–H groups in total. The number of carbonyl (C=O) groups excluding carboxylic acids is 1. The fourth-order valence-electron chi connectivity index (χ4n) is 2.48. The number of anilines is 1. The molecule has 3 nitrogen and oxygen atoms in total. The lowest BCUT2D eigenvalue weighted by Crippen LogP contribution is -2.48. The molecule has 0 atom stereocenters. The maximum atomic E-state index is 12.2. The van der Waals surface area contributed by atoms with Gasteiger partial charge in [0, 0.05) is 47.8 Å². The van der Waals surface area contributed by atoms with E-state index < -0.39 is 0 Å². The van der Waals surface area contributed by atoms with Gasteiger partial charge in [-0.2, -0.15) is 0 Å². The Hall–Kier alpha value is -1.78. The van der Waals surface area contributed by atoms with Crippen LogP contribution in [-0.4, -0.2) is 37.0 Å². The van der Waals surface area contributed by atoms with E-state index in [1.54, 1.807) is 17.4 Å². The summed E-state index contributed by atoms with van der Waals surface area (Å²) in [4.78, 5) is 17.5. The molecule has 1 aliphatic rings. The van der Waals surface area contributed by atoms with E-state index in [1.165, 1.54) is 0 Å². The van der Waals surface area contributed by atoms with E-state index in [0.29, 0.717) is 0 Å². The Kier molecular flexibility index (Phi) is 4.80. The Balaban J connectivity index is 1.55. The van der Waals surface area contributed by atoms with Crippen molar-refractivity contribution in [3.63, 3.8) is 0 Å². The maximum Gasteiger partial charge on any atom is 0.246 e. The number of nitrogens with zero attached hydrogens (tertiary/aromatic N) is 2. The summed E-state index contributed by atoms with van der Waals surface area (Å²) >= 11 is 7.55. The normalized spacial score (nSPS) is 15.5. The quantitative estimate of drug-likeness (QED) is 0.799. The van der Waals surface area contributed by atoms with E-state index in [9.17, 15) is 4.79 Å². The number of hydrogen-bond acceptors (Lipinski definition) is 3. The minimum Gasteiger partial charge on any atom is -0.368 e. The first-order chi connectivity index (χ1) is 10.7. The number of benzene rings is 1. The van der Waals surface area contributed by atoms with Gasteiger partial charge in [-0.05, 0) is 41.8 Å². The molecule has 0 aliphatic carbocycles. The van der Waals surface area contributed by atoms with Crippen LogP contribution in [0.5, 0.6) is 0 Å². The minimum absolute atomic E-state index is 0.0872. The predicted molar refractivity (Wildman–Crippen MR) is 93.6 cm³/mol. The highest BCUT2D eigenvalue weighted by Gasteiger charge is 2.19. The summed E-state index contributed by atoms with van der Waals surface area (Å²) in [7, 11) is 0. The summed E-state index contributed by atoms with van der Waals surface area (Å²) in [6.45, 7) is 3.19. The van der Waals surface area contributed by atoms with Crippen LogP contribution in [0.4, 0.5) is 5.69 Å². The second kappa shape index (κ2) is 6.99. The second-order valence-corrected chi connectivity index (χ2v) is 6.55. The molecule has 2 heterocycles. The maximum absolute atomic E-state index is 12.2. The van der Waals surface area contributed by atoms with Gasteiger partial charge in [0.2, 0.25) is 5.91 Å². The standard InChI is InChI=1S/C17H17ClN2OS/c18-14-3-5-15(6-4-14)19-9-11-20(12-10-19)17(21)8-7-16-2-1-13-22-16/h1-8,13H,9-12H2/b8-7-. The highest BCUT2D eigenvalue weighted by Crippen LogP contribution is 2.19. The van der Waals surface area contributed by atoms with E-state index in [0.717, 1.165) is 41.8 Å². The number of rotatable bonds is 3. The number of thiophene rings is 1. The van der Waals surface area contributed by atoms with E-state index in [-0.39, 0.29) is 5.91 Å². The first-order valence-corrected chi connectivity index (χ1v) is 8.49. The third kappa shape index (κ3) is 3.70. The van der Waals surface area contributed by atoms with Crippen molar-refractivity contribution in [1.29, 1.82) is 0 Å². The molecule has 1 amide bonds. The molecule has 0 bridgehead atoms. The summed E-state index contributed by atoms with van der Waals surface area (Å²) in [5, 5.41) is 2.76. The molecule has 0 radical (unpaired) electrons. The van der Waals surface area contributed by atoms with Crippen molar-refractivity contribution >= 4 is 40.6 Å². The summed E-state index contributed by atoms with van der Waals surface area (Å²) in [6, 6.07) is 11.8. The third-order valence-electron chi connectivity index (χ3n) is 3.72. The molecule has 1 aromatic heterocycles. The lowest BCUT2D eigenvalue weighted by Gasteiger charge is -2.35. The Morgan fingerprint density at radius 2 is 1.82 bits per heavy atom. The molecule has 114 valence electrons. The van der Waals surface area contributed by atoms with Crippen LogP contribution in [0.3, 0.4) is 0 Å². The summed E-state index contributed by atoms with van der Waals surface area (Å²) in [5.41, 5.74) is 1.16. The van der Waals surface area contributed by atoms with Gasteiger partial charge in [-0.25, -0.2) is 0 Å². The van der Waals surface area contributed by atoms with E-state index >= 15 is 0 Å². The van der Waals surface area contributed by atoms with Crippen LogP contribution in [0.15, 0.2) is 47.9 Å². The summed E-state index contributed by atoms with van der Waals surface area (Å²) in [6.07, 6.45) is 3.56. The van der Waals surface area contributed by atoms with Crippen molar-refractivity contribution < 1.29 is 4.79 Å². The molecule has 22 heavy (non-hydrogen) atoms. The molecular weight excluding hydrogens is 316 g/mol. The molecule has 3 rings (SSSR count). The third-order valence-corrected chi connectivity index (χ3v) is 4.81. The minimum atomic E-state index is 0.0872. The van der Waals surface area contributed by atoms with Gasteiger partial charge in [0.05, 0.1) is 0 Å². The molecule has 1 aromatic carbocycles. The predicted octanol–water partition coefficient (Wildman–Crippen LogP) is 3.76. The van der Waals surface area contributed by atoms with E-state index in [2.05, 4.69) is 4.90 Å². The van der Waals surface area contributed by atoms with Gasteiger partial charge < -0.3 is 9.80 Å². The summed E-state index contributed by atoms with van der Waals surface area (Å²) in [5.74, 6) is 0.0872. The molecule has 1 saturated heterocycles. The zero-order chi connectivity index (χ0) is 15.4. The second-order valence-electron chi connectivity index (χ2n) is 5.14. The highest BCUT2D eigenvalue weighted by atomic mass is 35.5. The van der Waals surface area contributed by atoms with Gasteiger partial charge >= 0.3 is 0 Å². The van der Waals surface area contributed by atoms with Gasteiger partial charge in [0.1, 0.15) is 0 Å². The molecule has 5 heteroatoms. The van der Waals surface area contributed by atoms with Crippen LogP contribution in [-0.2, 0) is 4.79 Å². The fourth-order valence-corrected chi connectivity index (χ4v) is 3.23. The topological polar surface area (TPSA) is 23.6 Å². The van der Waals surface area contributed by atoms with Crippen molar-refractivity contribution in [2.75, 3.05) is 31.1 Å². The molecule has 2 aromatic rings. The van der Waals surface area contributed by atoms with Gasteiger partial charge in [-0.15, -0.1) is 11.3 Å². The lowest BCUT2D eigenvalue weighted by atomic mass is 10.2. The van der Waals surface area contributed by atoms with E-state index in [1.807, 2.05) is 52.8 Å². The van der Waals surface area contributed by atoms with Crippen molar-refractivity contribution in [3.8, 4) is 0 Å². The molecule has 0 spiro atoms. The Morgan fingerprint density at radius 1 is 1.09 bits per heavy atom. The van der Waals surface area contributed by atoms with Crippen LogP contribution in [0.2, 0.25) is 5.02 Å². The Labute approximate surface area is 139 Å². The monoisotopic (exact) mass is 332 g/mol. The largest absolute Gasteiger partial charge is 0.368 e. The van der Waals surface area contributed by atoms with Crippen LogP contribution in [0, 0.1) is 0 Å². The number of amides is 1. The zero-order valence-corrected chi connectivity index (χ0v) is 13.7. The van der Waals surface area contributed by atoms with Gasteiger partial charge in [-0.3, -0.25) is 4.79 Å². The van der Waals surface area contributed by atoms with Crippen LogP contribution in [0.25, 0.3) is 6.08 Å². The summed E-state index contributed by atoms with van der Waals surface area (Å²) < 4.78 is 0. The number of carbonyl (C=O) groups is 1. The smallest absolute Gasteiger partial charge is 0.246 e. The van der Waals surface area contributed by atoms with Crippen LogP contribution in [0.1, 0.15) is 4.88 Å². The Morgan fingerprint density at radius 3 is 2.45 bits per heavy atom. The van der Waals surface area contributed by atoms with Gasteiger partial charge in [0.15, 0.2) is 0 Å². The first-order valence-electron chi connectivity index (χ1n) is 7.23. The number of piperazine rings is 1. The first kappa shape index (κ1) is 15.1. The molecule has 0 saturated carbocycles. The highest BCUT2D eigenvalue weighted by molar-refractivity contribution is 7.10. The Bertz CT molecular complexity index is 644. The number of halogens is 1. The van der Waals surface area contributed by atoms with Crippen LogP contribution >= 0.6 is 22.9 Å². The molecule has 1 aliphatic heterocycles. The lowest BCUT2D eigenvalue weighted by molar-refractivity contribution is -0.126. The van der Waals surface area contributed by atoms with Crippen molar-refractivity contribution in [1.82, 2.24) is 4.90 Å². The average Bonchev–Trinajstić information content (AvgIpc) is 3.07. The fraction of sp³-hybridized carbons (Fsp3) is 0.235. The molecular formula is C17H17ClN2OS. The number of hydrogen-bond donors (Lipinski definition) is 0.